The first kappa shape index (κ1) is 23.9. The van der Waals surface area contributed by atoms with Gasteiger partial charge in [-0.3, -0.25) is 19.1 Å². The lowest BCUT2D eigenvalue weighted by atomic mass is 10.1. The van der Waals surface area contributed by atoms with E-state index in [9.17, 15) is 22.8 Å². The molecule has 1 aromatic carbocycles. The molecule has 4 rings (SSSR count). The van der Waals surface area contributed by atoms with Crippen molar-refractivity contribution in [3.8, 4) is 11.3 Å². The van der Waals surface area contributed by atoms with Crippen LogP contribution in [-0.2, 0) is 24.1 Å². The first-order chi connectivity index (χ1) is 16.7. The number of pyridine rings is 2. The maximum atomic E-state index is 13.3. The first-order valence-electron chi connectivity index (χ1n) is 10.7. The van der Waals surface area contributed by atoms with Gasteiger partial charge in [-0.1, -0.05) is 12.1 Å². The van der Waals surface area contributed by atoms with E-state index >= 15 is 0 Å². The molecule has 180 valence electrons. The minimum absolute atomic E-state index is 0.0970. The highest BCUT2D eigenvalue weighted by Gasteiger charge is 2.30. The van der Waals surface area contributed by atoms with Crippen molar-refractivity contribution in [2.75, 3.05) is 11.9 Å². The maximum Gasteiger partial charge on any atom is 0.416 e. The molecule has 0 bridgehead atoms. The highest BCUT2D eigenvalue weighted by Crippen LogP contribution is 2.29. The summed E-state index contributed by atoms with van der Waals surface area (Å²) in [6.07, 6.45) is -1.31. The Labute approximate surface area is 197 Å². The molecule has 4 aromatic rings. The summed E-state index contributed by atoms with van der Waals surface area (Å²) in [5.74, 6) is 0.124. The van der Waals surface area contributed by atoms with Gasteiger partial charge in [-0.2, -0.15) is 13.2 Å². The van der Waals surface area contributed by atoms with Crippen molar-refractivity contribution in [1.29, 1.82) is 0 Å². The summed E-state index contributed by atoms with van der Waals surface area (Å²) in [5, 5.41) is 5.65. The quantitative estimate of drug-likeness (QED) is 0.417. The van der Waals surface area contributed by atoms with Crippen LogP contribution in [0.2, 0.25) is 0 Å². The zero-order valence-electron chi connectivity index (χ0n) is 18.6. The van der Waals surface area contributed by atoms with E-state index in [2.05, 4.69) is 25.6 Å². The van der Waals surface area contributed by atoms with Gasteiger partial charge in [-0.05, 0) is 42.0 Å². The van der Waals surface area contributed by atoms with Gasteiger partial charge in [-0.25, -0.2) is 9.97 Å². The van der Waals surface area contributed by atoms with Crippen molar-refractivity contribution in [2.45, 2.75) is 26.2 Å². The van der Waals surface area contributed by atoms with Gasteiger partial charge in [0.15, 0.2) is 5.65 Å². The Kier molecular flexibility index (Phi) is 6.76. The molecule has 3 aromatic heterocycles. The molecule has 1 amide bonds. The number of aromatic nitrogens is 4. The summed E-state index contributed by atoms with van der Waals surface area (Å²) >= 11 is 0. The van der Waals surface area contributed by atoms with E-state index in [0.717, 1.165) is 12.1 Å². The van der Waals surface area contributed by atoms with Crippen LogP contribution in [0.4, 0.5) is 19.0 Å². The molecule has 0 aliphatic carbocycles. The van der Waals surface area contributed by atoms with E-state index in [1.165, 1.54) is 23.8 Å². The average molecular weight is 482 g/mol. The molecular formula is C24H21F3N6O2. The largest absolute Gasteiger partial charge is 0.416 e. The Morgan fingerprint density at radius 3 is 2.63 bits per heavy atom. The van der Waals surface area contributed by atoms with Crippen LogP contribution in [0.15, 0.2) is 65.7 Å². The SMILES string of the molecule is CC(=O)NCCn1c(=O)c(-c2cccnc2)nc2ccc(NCc3cccc(C(F)(F)F)c3)nc21. The van der Waals surface area contributed by atoms with Crippen molar-refractivity contribution in [2.24, 2.45) is 0 Å². The Morgan fingerprint density at radius 1 is 1.09 bits per heavy atom. The summed E-state index contributed by atoms with van der Waals surface area (Å²) in [4.78, 5) is 37.6. The maximum absolute atomic E-state index is 13.3. The number of carbonyl (C=O) groups excluding carboxylic acids is 1. The molecule has 0 fully saturated rings. The second kappa shape index (κ2) is 9.92. The van der Waals surface area contributed by atoms with Crippen LogP contribution < -0.4 is 16.2 Å². The second-order valence-electron chi connectivity index (χ2n) is 7.73. The van der Waals surface area contributed by atoms with Crippen molar-refractivity contribution in [3.63, 3.8) is 0 Å². The number of amides is 1. The van der Waals surface area contributed by atoms with Gasteiger partial charge in [0.2, 0.25) is 5.91 Å². The smallest absolute Gasteiger partial charge is 0.366 e. The van der Waals surface area contributed by atoms with Gasteiger partial charge >= 0.3 is 6.18 Å². The van der Waals surface area contributed by atoms with Crippen LogP contribution in [-0.4, -0.2) is 32.0 Å². The number of anilines is 1. The third-order valence-corrected chi connectivity index (χ3v) is 5.16. The van der Waals surface area contributed by atoms with Gasteiger partial charge in [0.1, 0.15) is 17.0 Å². The summed E-state index contributed by atoms with van der Waals surface area (Å²) in [7, 11) is 0. The lowest BCUT2D eigenvalue weighted by Gasteiger charge is -2.14. The van der Waals surface area contributed by atoms with Crippen LogP contribution in [0, 0.1) is 0 Å². The molecule has 0 radical (unpaired) electrons. The number of alkyl halides is 3. The standard InChI is InChI=1S/C24H21F3N6O2/c1-15(34)29-10-11-33-22-19(31-21(23(33)35)17-5-3-9-28-14-17)7-8-20(32-22)30-13-16-4-2-6-18(12-16)24(25,26)27/h2-9,12,14H,10-11,13H2,1H3,(H,29,34)(H,30,32). The molecule has 0 unspecified atom stereocenters. The molecule has 2 N–H and O–H groups in total. The van der Waals surface area contributed by atoms with E-state index in [1.807, 2.05) is 0 Å². The van der Waals surface area contributed by atoms with Gasteiger partial charge in [0, 0.05) is 44.5 Å². The van der Waals surface area contributed by atoms with Gasteiger partial charge in [0.05, 0.1) is 5.56 Å². The van der Waals surface area contributed by atoms with E-state index in [0.29, 0.717) is 22.5 Å². The zero-order valence-corrected chi connectivity index (χ0v) is 18.6. The van der Waals surface area contributed by atoms with E-state index < -0.39 is 17.3 Å². The monoisotopic (exact) mass is 482 g/mol. The summed E-state index contributed by atoms with van der Waals surface area (Å²) in [5.41, 5.74) is 0.743. The van der Waals surface area contributed by atoms with Crippen LogP contribution in [0.25, 0.3) is 22.4 Å². The molecule has 0 atom stereocenters. The van der Waals surface area contributed by atoms with Crippen molar-refractivity contribution in [3.05, 3.63) is 82.4 Å². The molecule has 35 heavy (non-hydrogen) atoms. The third-order valence-electron chi connectivity index (χ3n) is 5.16. The fourth-order valence-corrected chi connectivity index (χ4v) is 3.51. The van der Waals surface area contributed by atoms with E-state index in [4.69, 9.17) is 0 Å². The highest BCUT2D eigenvalue weighted by atomic mass is 19.4. The predicted molar refractivity (Wildman–Crippen MR) is 124 cm³/mol. The summed E-state index contributed by atoms with van der Waals surface area (Å²) < 4.78 is 40.4. The molecule has 0 saturated heterocycles. The lowest BCUT2D eigenvalue weighted by molar-refractivity contribution is -0.137. The number of nitrogens with one attached hydrogen (secondary N) is 2. The molecule has 8 nitrogen and oxygen atoms in total. The average Bonchev–Trinajstić information content (AvgIpc) is 2.84. The number of rotatable bonds is 7. The number of hydrogen-bond acceptors (Lipinski definition) is 6. The zero-order chi connectivity index (χ0) is 25.0. The fraction of sp³-hybridized carbons (Fsp3) is 0.208. The number of carbonyl (C=O) groups is 1. The Morgan fingerprint density at radius 2 is 1.91 bits per heavy atom. The molecule has 0 spiro atoms. The van der Waals surface area contributed by atoms with Crippen molar-refractivity contribution < 1.29 is 18.0 Å². The molecule has 0 saturated carbocycles. The lowest BCUT2D eigenvalue weighted by Crippen LogP contribution is -2.31. The third kappa shape index (κ3) is 5.62. The number of hydrogen-bond donors (Lipinski definition) is 2. The molecule has 0 aliphatic rings. The van der Waals surface area contributed by atoms with Crippen LogP contribution >= 0.6 is 0 Å². The van der Waals surface area contributed by atoms with Gasteiger partial charge < -0.3 is 10.6 Å². The second-order valence-corrected chi connectivity index (χ2v) is 7.73. The van der Waals surface area contributed by atoms with Gasteiger partial charge in [0.25, 0.3) is 5.56 Å². The predicted octanol–water partition coefficient (Wildman–Crippen LogP) is 3.62. The molecule has 3 heterocycles. The van der Waals surface area contributed by atoms with Crippen LogP contribution in [0.3, 0.4) is 0 Å². The molecule has 0 aliphatic heterocycles. The topological polar surface area (TPSA) is 102 Å². The van der Waals surface area contributed by atoms with Crippen LogP contribution in [0.5, 0.6) is 0 Å². The Balaban J connectivity index is 1.68. The highest BCUT2D eigenvalue weighted by molar-refractivity contribution is 5.76. The minimum Gasteiger partial charge on any atom is -0.366 e. The number of benzene rings is 1. The van der Waals surface area contributed by atoms with E-state index in [-0.39, 0.29) is 36.9 Å². The Hall–Kier alpha value is -4.28. The Bertz CT molecular complexity index is 1420. The number of nitrogens with zero attached hydrogens (tertiary/aromatic N) is 4. The number of halogens is 3. The van der Waals surface area contributed by atoms with Crippen molar-refractivity contribution >= 4 is 22.9 Å². The van der Waals surface area contributed by atoms with Crippen molar-refractivity contribution in [1.82, 2.24) is 24.8 Å². The summed E-state index contributed by atoms with van der Waals surface area (Å²) in [6, 6.07) is 11.7. The fourth-order valence-electron chi connectivity index (χ4n) is 3.51. The normalized spacial score (nSPS) is 11.4. The van der Waals surface area contributed by atoms with Gasteiger partial charge in [-0.15, -0.1) is 0 Å². The number of fused-ring (bicyclic) bond motifs is 1. The molecular weight excluding hydrogens is 461 g/mol. The first-order valence-corrected chi connectivity index (χ1v) is 10.7. The summed E-state index contributed by atoms with van der Waals surface area (Å²) in [6.45, 7) is 1.82. The minimum atomic E-state index is -4.43. The van der Waals surface area contributed by atoms with E-state index in [1.54, 1.807) is 36.5 Å². The molecule has 11 heteroatoms. The van der Waals surface area contributed by atoms with Crippen LogP contribution in [0.1, 0.15) is 18.1 Å².